The molecule has 0 heterocycles. The van der Waals surface area contributed by atoms with Gasteiger partial charge in [-0.1, -0.05) is 0 Å². The summed E-state index contributed by atoms with van der Waals surface area (Å²) in [5, 5.41) is 9.34. The largest absolute Gasteiger partial charge is 0.417 e. The zero-order valence-corrected chi connectivity index (χ0v) is 8.14. The van der Waals surface area contributed by atoms with Crippen LogP contribution in [0.4, 0.5) is 13.2 Å². The molecule has 0 aliphatic heterocycles. The second-order valence-electron chi connectivity index (χ2n) is 4.23. The molecular formula is C9H16F3NO. The van der Waals surface area contributed by atoms with Crippen LogP contribution in [0, 0.1) is 5.92 Å². The Morgan fingerprint density at radius 3 is 2.07 bits per heavy atom. The monoisotopic (exact) mass is 211 g/mol. The van der Waals surface area contributed by atoms with Gasteiger partial charge in [0.05, 0.1) is 0 Å². The van der Waals surface area contributed by atoms with Crippen LogP contribution in [0.3, 0.4) is 0 Å². The van der Waals surface area contributed by atoms with E-state index in [1.54, 1.807) is 6.92 Å². The van der Waals surface area contributed by atoms with Crippen molar-refractivity contribution in [2.75, 3.05) is 0 Å². The summed E-state index contributed by atoms with van der Waals surface area (Å²) >= 11 is 0. The van der Waals surface area contributed by atoms with Crippen molar-refractivity contribution in [1.29, 1.82) is 0 Å². The van der Waals surface area contributed by atoms with Gasteiger partial charge in [0.25, 0.3) is 0 Å². The van der Waals surface area contributed by atoms with Crippen LogP contribution in [0.5, 0.6) is 0 Å². The Labute approximate surface area is 81.3 Å². The fourth-order valence-electron chi connectivity index (χ4n) is 1.93. The summed E-state index contributed by atoms with van der Waals surface area (Å²) in [4.78, 5) is 0. The molecule has 1 aliphatic rings. The summed E-state index contributed by atoms with van der Waals surface area (Å²) in [6, 6.07) is -0.0900. The molecule has 0 amide bonds. The van der Waals surface area contributed by atoms with Gasteiger partial charge in [0, 0.05) is 6.04 Å². The molecule has 84 valence electrons. The summed E-state index contributed by atoms with van der Waals surface area (Å²) < 4.78 is 37.1. The molecule has 1 aliphatic carbocycles. The summed E-state index contributed by atoms with van der Waals surface area (Å²) in [5.74, 6) is 0.109. The van der Waals surface area contributed by atoms with Gasteiger partial charge >= 0.3 is 6.18 Å². The van der Waals surface area contributed by atoms with E-state index in [2.05, 4.69) is 0 Å². The average Bonchev–Trinajstić information content (AvgIpc) is 2.03. The highest BCUT2D eigenvalue weighted by molar-refractivity contribution is 4.92. The van der Waals surface area contributed by atoms with E-state index in [0.717, 1.165) is 0 Å². The van der Waals surface area contributed by atoms with E-state index in [4.69, 9.17) is 5.73 Å². The SMILES string of the molecule is CC(N)C1CCC(O)(C(F)(F)F)CC1. The van der Waals surface area contributed by atoms with Gasteiger partial charge in [0.1, 0.15) is 0 Å². The third-order valence-electron chi connectivity index (χ3n) is 3.13. The number of rotatable bonds is 1. The fraction of sp³-hybridized carbons (Fsp3) is 1.00. The Morgan fingerprint density at radius 2 is 1.79 bits per heavy atom. The molecule has 0 aromatic rings. The first kappa shape index (κ1) is 11.8. The molecule has 0 aromatic carbocycles. The van der Waals surface area contributed by atoms with Gasteiger partial charge in [0.15, 0.2) is 5.60 Å². The molecule has 14 heavy (non-hydrogen) atoms. The molecule has 1 unspecified atom stereocenters. The summed E-state index contributed by atoms with van der Waals surface area (Å²) in [7, 11) is 0. The van der Waals surface area contributed by atoms with Crippen molar-refractivity contribution in [1.82, 2.24) is 0 Å². The minimum Gasteiger partial charge on any atom is -0.380 e. The third kappa shape index (κ3) is 2.20. The van der Waals surface area contributed by atoms with Crippen LogP contribution in [0.15, 0.2) is 0 Å². The molecule has 5 heteroatoms. The molecule has 1 fully saturated rings. The normalized spacial score (nSPS) is 36.9. The molecule has 3 N–H and O–H groups in total. The number of alkyl halides is 3. The average molecular weight is 211 g/mol. The first-order valence-corrected chi connectivity index (χ1v) is 4.81. The van der Waals surface area contributed by atoms with Crippen LogP contribution in [0.2, 0.25) is 0 Å². The Bertz CT molecular complexity index is 195. The zero-order valence-electron chi connectivity index (χ0n) is 8.14. The standard InChI is InChI=1S/C9H16F3NO/c1-6(13)7-2-4-8(14,5-3-7)9(10,11)12/h6-7,14H,2-5,13H2,1H3. The number of aliphatic hydroxyl groups is 1. The first-order chi connectivity index (χ1) is 6.26. The predicted octanol–water partition coefficient (Wildman–Crippen LogP) is 1.82. The van der Waals surface area contributed by atoms with Gasteiger partial charge in [-0.15, -0.1) is 0 Å². The van der Waals surface area contributed by atoms with Gasteiger partial charge < -0.3 is 10.8 Å². The zero-order chi connectivity index (χ0) is 11.0. The third-order valence-corrected chi connectivity index (χ3v) is 3.13. The van der Waals surface area contributed by atoms with E-state index >= 15 is 0 Å². The molecule has 0 bridgehead atoms. The molecule has 2 nitrogen and oxygen atoms in total. The van der Waals surface area contributed by atoms with Crippen LogP contribution in [0.1, 0.15) is 32.6 Å². The minimum absolute atomic E-state index is 0.0900. The van der Waals surface area contributed by atoms with Crippen LogP contribution in [-0.2, 0) is 0 Å². The fourth-order valence-corrected chi connectivity index (χ4v) is 1.93. The lowest BCUT2D eigenvalue weighted by Gasteiger charge is -2.38. The van der Waals surface area contributed by atoms with E-state index in [0.29, 0.717) is 12.8 Å². The second kappa shape index (κ2) is 3.70. The quantitative estimate of drug-likeness (QED) is 0.695. The summed E-state index contributed by atoms with van der Waals surface area (Å²) in [6.07, 6.45) is -4.23. The Morgan fingerprint density at radius 1 is 1.36 bits per heavy atom. The lowest BCUT2D eigenvalue weighted by Crippen LogP contribution is -2.49. The number of halogens is 3. The molecule has 0 spiro atoms. The molecule has 0 saturated heterocycles. The van der Waals surface area contributed by atoms with Gasteiger partial charge in [-0.2, -0.15) is 13.2 Å². The van der Waals surface area contributed by atoms with Gasteiger partial charge in [-0.05, 0) is 38.5 Å². The number of hydrogen-bond acceptors (Lipinski definition) is 2. The smallest absolute Gasteiger partial charge is 0.380 e. The number of nitrogens with two attached hydrogens (primary N) is 1. The molecule has 0 aromatic heterocycles. The molecular weight excluding hydrogens is 195 g/mol. The summed E-state index contributed by atoms with van der Waals surface area (Å²) in [5.41, 5.74) is 3.13. The van der Waals surface area contributed by atoms with Gasteiger partial charge in [-0.3, -0.25) is 0 Å². The lowest BCUT2D eigenvalue weighted by molar-refractivity contribution is -0.272. The van der Waals surface area contributed by atoms with Crippen molar-refractivity contribution >= 4 is 0 Å². The number of hydrogen-bond donors (Lipinski definition) is 2. The predicted molar refractivity (Wildman–Crippen MR) is 46.6 cm³/mol. The summed E-state index contributed by atoms with van der Waals surface area (Å²) in [6.45, 7) is 1.79. The van der Waals surface area contributed by atoms with Crippen molar-refractivity contribution in [3.05, 3.63) is 0 Å². The van der Waals surface area contributed by atoms with Gasteiger partial charge in [0.2, 0.25) is 0 Å². The van der Waals surface area contributed by atoms with E-state index in [1.165, 1.54) is 0 Å². The maximum Gasteiger partial charge on any atom is 0.417 e. The van der Waals surface area contributed by atoms with Crippen molar-refractivity contribution in [3.8, 4) is 0 Å². The molecule has 1 atom stereocenters. The van der Waals surface area contributed by atoms with Crippen molar-refractivity contribution < 1.29 is 18.3 Å². The topological polar surface area (TPSA) is 46.2 Å². The molecule has 1 rings (SSSR count). The molecule has 1 saturated carbocycles. The Hall–Kier alpha value is -0.290. The van der Waals surface area contributed by atoms with Crippen LogP contribution < -0.4 is 5.73 Å². The van der Waals surface area contributed by atoms with Crippen LogP contribution in [-0.4, -0.2) is 22.9 Å². The highest BCUT2D eigenvalue weighted by atomic mass is 19.4. The van der Waals surface area contributed by atoms with Crippen LogP contribution in [0.25, 0.3) is 0 Å². The molecule has 0 radical (unpaired) electrons. The van der Waals surface area contributed by atoms with Crippen molar-refractivity contribution in [2.24, 2.45) is 11.7 Å². The van der Waals surface area contributed by atoms with Crippen LogP contribution >= 0.6 is 0 Å². The Balaban J connectivity index is 2.58. The highest BCUT2D eigenvalue weighted by Crippen LogP contribution is 2.43. The maximum absolute atomic E-state index is 12.4. The lowest BCUT2D eigenvalue weighted by atomic mass is 9.76. The van der Waals surface area contributed by atoms with E-state index < -0.39 is 11.8 Å². The second-order valence-corrected chi connectivity index (χ2v) is 4.23. The maximum atomic E-state index is 12.4. The van der Waals surface area contributed by atoms with E-state index in [1.807, 2.05) is 0 Å². The van der Waals surface area contributed by atoms with Gasteiger partial charge in [-0.25, -0.2) is 0 Å². The van der Waals surface area contributed by atoms with Crippen molar-refractivity contribution in [2.45, 2.75) is 50.4 Å². The highest BCUT2D eigenvalue weighted by Gasteiger charge is 2.54. The van der Waals surface area contributed by atoms with Crippen molar-refractivity contribution in [3.63, 3.8) is 0 Å². The first-order valence-electron chi connectivity index (χ1n) is 4.81. The van der Waals surface area contributed by atoms with E-state index in [9.17, 15) is 18.3 Å². The van der Waals surface area contributed by atoms with E-state index in [-0.39, 0.29) is 24.8 Å². The minimum atomic E-state index is -4.50. The Kier molecular flexibility index (Phi) is 3.11.